The van der Waals surface area contributed by atoms with Crippen LogP contribution in [0.5, 0.6) is 5.75 Å². The van der Waals surface area contributed by atoms with Crippen LogP contribution in [0.25, 0.3) is 10.9 Å². The summed E-state index contributed by atoms with van der Waals surface area (Å²) < 4.78 is 15.9. The van der Waals surface area contributed by atoms with Gasteiger partial charge >= 0.3 is 17.9 Å². The zero-order chi connectivity index (χ0) is 25.1. The Hall–Kier alpha value is -3.33. The predicted molar refractivity (Wildman–Crippen MR) is 128 cm³/mol. The summed E-state index contributed by atoms with van der Waals surface area (Å²) in [4.78, 5) is 41.7. The van der Waals surface area contributed by atoms with E-state index in [2.05, 4.69) is 16.8 Å². The number of nitrogens with one attached hydrogen (secondary N) is 1. The highest BCUT2D eigenvalue weighted by Gasteiger charge is 2.42. The number of piperidine rings is 1. The van der Waals surface area contributed by atoms with Crippen molar-refractivity contribution in [2.75, 3.05) is 27.3 Å². The Morgan fingerprint density at radius 2 is 2.03 bits per heavy atom. The summed E-state index contributed by atoms with van der Waals surface area (Å²) in [6.45, 7) is 3.86. The second-order valence-corrected chi connectivity index (χ2v) is 9.14. The second kappa shape index (κ2) is 10.5. The number of H-pyrrole nitrogens is 1. The Bertz CT molecular complexity index is 1150. The van der Waals surface area contributed by atoms with Gasteiger partial charge in [-0.1, -0.05) is 19.4 Å². The lowest BCUT2D eigenvalue weighted by Gasteiger charge is -2.46. The fourth-order valence-electron chi connectivity index (χ4n) is 5.58. The van der Waals surface area contributed by atoms with Gasteiger partial charge in [0, 0.05) is 29.7 Å². The first-order chi connectivity index (χ1) is 16.9. The van der Waals surface area contributed by atoms with E-state index in [-0.39, 0.29) is 30.8 Å². The molecule has 2 aliphatic rings. The second-order valence-electron chi connectivity index (χ2n) is 9.14. The van der Waals surface area contributed by atoms with E-state index in [1.54, 1.807) is 6.07 Å². The van der Waals surface area contributed by atoms with Crippen molar-refractivity contribution in [3.05, 3.63) is 41.3 Å². The summed E-state index contributed by atoms with van der Waals surface area (Å²) >= 11 is 0. The number of carboxylic acids is 1. The molecule has 1 aromatic carbocycles. The van der Waals surface area contributed by atoms with E-state index in [0.717, 1.165) is 54.5 Å². The van der Waals surface area contributed by atoms with Crippen LogP contribution in [-0.4, -0.2) is 60.2 Å². The first-order valence-corrected chi connectivity index (χ1v) is 12.0. The van der Waals surface area contributed by atoms with E-state index in [4.69, 9.17) is 19.3 Å². The third-order valence-electron chi connectivity index (χ3n) is 7.22. The number of rotatable bonds is 8. The number of aliphatic carboxylic acids is 1. The number of benzene rings is 1. The van der Waals surface area contributed by atoms with Crippen LogP contribution >= 0.6 is 0 Å². The van der Waals surface area contributed by atoms with Gasteiger partial charge in [0.1, 0.15) is 5.75 Å². The van der Waals surface area contributed by atoms with Crippen molar-refractivity contribution in [1.82, 2.24) is 9.88 Å². The Morgan fingerprint density at radius 3 is 2.71 bits per heavy atom. The largest absolute Gasteiger partial charge is 0.504 e. The molecular weight excluding hydrogens is 452 g/mol. The lowest BCUT2D eigenvalue weighted by atomic mass is 9.74. The number of aromatic amines is 1. The quantitative estimate of drug-likeness (QED) is 0.253. The van der Waals surface area contributed by atoms with Crippen molar-refractivity contribution in [2.24, 2.45) is 11.8 Å². The van der Waals surface area contributed by atoms with Crippen LogP contribution in [0.1, 0.15) is 49.9 Å². The maximum atomic E-state index is 12.6. The molecule has 4 rings (SSSR count). The zero-order valence-corrected chi connectivity index (χ0v) is 20.3. The van der Waals surface area contributed by atoms with Crippen molar-refractivity contribution in [3.63, 3.8) is 0 Å². The zero-order valence-electron chi connectivity index (χ0n) is 20.3. The molecule has 9 nitrogen and oxygen atoms in total. The van der Waals surface area contributed by atoms with E-state index in [1.807, 2.05) is 12.1 Å². The van der Waals surface area contributed by atoms with Crippen molar-refractivity contribution < 1.29 is 33.7 Å². The van der Waals surface area contributed by atoms with Crippen molar-refractivity contribution in [3.8, 4) is 5.75 Å². The maximum Gasteiger partial charge on any atom is 0.337 e. The molecule has 0 radical (unpaired) electrons. The summed E-state index contributed by atoms with van der Waals surface area (Å²) in [7, 11) is 2.92. The number of ether oxygens (including phenoxy) is 3. The van der Waals surface area contributed by atoms with Crippen LogP contribution in [0.3, 0.4) is 0 Å². The Kier molecular flexibility index (Phi) is 7.45. The lowest BCUT2D eigenvalue weighted by Crippen LogP contribution is -2.47. The van der Waals surface area contributed by atoms with E-state index in [1.165, 1.54) is 20.5 Å². The molecular formula is C26H32N2O7. The summed E-state index contributed by atoms with van der Waals surface area (Å²) in [5.74, 6) is -1.25. The van der Waals surface area contributed by atoms with Crippen LogP contribution in [-0.2, 0) is 30.3 Å². The van der Waals surface area contributed by atoms with Crippen LogP contribution in [0.15, 0.2) is 30.0 Å². The van der Waals surface area contributed by atoms with Crippen molar-refractivity contribution in [2.45, 2.75) is 45.1 Å². The average molecular weight is 485 g/mol. The highest BCUT2D eigenvalue weighted by Crippen LogP contribution is 2.47. The number of aromatic nitrogens is 1. The molecule has 2 aromatic rings. The molecule has 3 heterocycles. The summed E-state index contributed by atoms with van der Waals surface area (Å²) in [5, 5.41) is 9.72. The first kappa shape index (κ1) is 24.8. The third kappa shape index (κ3) is 4.91. The molecule has 0 spiro atoms. The number of methoxy groups -OCH3 is 2. The number of hydrogen-bond acceptors (Lipinski definition) is 7. The lowest BCUT2D eigenvalue weighted by molar-refractivity contribution is -0.142. The van der Waals surface area contributed by atoms with Gasteiger partial charge in [0.15, 0.2) is 0 Å². The summed E-state index contributed by atoms with van der Waals surface area (Å²) in [6.07, 6.45) is 3.52. The number of hydrogen-bond donors (Lipinski definition) is 2. The number of esters is 2. The van der Waals surface area contributed by atoms with Crippen LogP contribution in [0.4, 0.5) is 0 Å². The molecule has 35 heavy (non-hydrogen) atoms. The van der Waals surface area contributed by atoms with Crippen molar-refractivity contribution >= 4 is 28.8 Å². The van der Waals surface area contributed by atoms with E-state index >= 15 is 0 Å². The van der Waals surface area contributed by atoms with Crippen LogP contribution in [0, 0.1) is 11.8 Å². The smallest absolute Gasteiger partial charge is 0.337 e. The minimum absolute atomic E-state index is 0.0145. The van der Waals surface area contributed by atoms with Gasteiger partial charge in [0.05, 0.1) is 44.9 Å². The molecule has 0 amide bonds. The van der Waals surface area contributed by atoms with Gasteiger partial charge in [-0.2, -0.15) is 0 Å². The van der Waals surface area contributed by atoms with Gasteiger partial charge < -0.3 is 24.3 Å². The van der Waals surface area contributed by atoms with Crippen LogP contribution in [0.2, 0.25) is 0 Å². The molecule has 0 saturated carbocycles. The van der Waals surface area contributed by atoms with Gasteiger partial charge in [-0.25, -0.2) is 4.79 Å². The molecule has 0 bridgehead atoms. The highest BCUT2D eigenvalue weighted by molar-refractivity contribution is 5.93. The van der Waals surface area contributed by atoms with Gasteiger partial charge in [-0.15, -0.1) is 0 Å². The fraction of sp³-hybridized carbons (Fsp3) is 0.500. The molecule has 0 unspecified atom stereocenters. The topological polar surface area (TPSA) is 118 Å². The number of fused-ring (bicyclic) bond motifs is 5. The van der Waals surface area contributed by atoms with Gasteiger partial charge in [0.25, 0.3) is 0 Å². The third-order valence-corrected chi connectivity index (χ3v) is 7.22. The minimum atomic E-state index is -1.04. The molecule has 0 aliphatic carbocycles. The van der Waals surface area contributed by atoms with Gasteiger partial charge in [-0.05, 0) is 42.4 Å². The Labute approximate surface area is 204 Å². The average Bonchev–Trinajstić information content (AvgIpc) is 3.25. The van der Waals surface area contributed by atoms with E-state index in [0.29, 0.717) is 17.2 Å². The molecule has 188 valence electrons. The maximum absolute atomic E-state index is 12.6. The molecule has 1 aromatic heterocycles. The van der Waals surface area contributed by atoms with E-state index < -0.39 is 11.9 Å². The SMILES string of the molecule is CC[C@@H]1CN2CCc3c([nH]c4cccc(OC(=O)CCC(=O)O)c34)[C@@H]2C[C@@H]1/C(=C/OC)C(=O)OC. The molecule has 9 heteroatoms. The number of carbonyl (C=O) groups excluding carboxylic acids is 2. The fourth-order valence-corrected chi connectivity index (χ4v) is 5.58. The minimum Gasteiger partial charge on any atom is -0.504 e. The Balaban J connectivity index is 1.68. The predicted octanol–water partition coefficient (Wildman–Crippen LogP) is 3.59. The normalized spacial score (nSPS) is 22.3. The number of carbonyl (C=O) groups is 3. The standard InChI is InChI=1S/C26H32N2O7/c1-4-15-13-28-11-10-16-24-19(6-5-7-21(24)35-23(31)9-8-22(29)30)27-25(16)20(28)12-17(15)18(14-33-2)26(32)34-3/h5-7,14-15,17,20,27H,4,8-13H2,1-3H3,(H,29,30)/b18-14-/t15-,17+,20+/m1/s1. The molecule has 3 atom stereocenters. The summed E-state index contributed by atoms with van der Waals surface area (Å²) in [5.41, 5.74) is 3.60. The monoisotopic (exact) mass is 484 g/mol. The molecule has 2 N–H and O–H groups in total. The van der Waals surface area contributed by atoms with Crippen LogP contribution < -0.4 is 4.74 Å². The molecule has 2 aliphatic heterocycles. The highest BCUT2D eigenvalue weighted by atomic mass is 16.5. The molecule has 1 fully saturated rings. The Morgan fingerprint density at radius 1 is 1.23 bits per heavy atom. The molecule has 1 saturated heterocycles. The van der Waals surface area contributed by atoms with E-state index in [9.17, 15) is 14.4 Å². The van der Waals surface area contributed by atoms with Crippen molar-refractivity contribution in [1.29, 1.82) is 0 Å². The number of nitrogens with zero attached hydrogens (tertiary/aromatic N) is 1. The van der Waals surface area contributed by atoms with Gasteiger partial charge in [-0.3, -0.25) is 14.5 Å². The number of carboxylic acid groups (broad SMARTS) is 1. The first-order valence-electron chi connectivity index (χ1n) is 12.0. The van der Waals surface area contributed by atoms with Gasteiger partial charge in [0.2, 0.25) is 0 Å². The summed E-state index contributed by atoms with van der Waals surface area (Å²) in [6, 6.07) is 5.58.